The summed E-state index contributed by atoms with van der Waals surface area (Å²) in [6, 6.07) is 0. The first-order valence-corrected chi connectivity index (χ1v) is 7.07. The molecule has 1 saturated heterocycles. The van der Waals surface area contributed by atoms with E-state index in [-0.39, 0.29) is 17.7 Å². The number of nitrogens with zero attached hydrogens (tertiary/aromatic N) is 3. The molecule has 7 nitrogen and oxygen atoms in total. The molecule has 20 heavy (non-hydrogen) atoms. The minimum atomic E-state index is -0.177. The maximum absolute atomic E-state index is 12.2. The largest absolute Gasteiger partial charge is 0.342 e. The Balaban J connectivity index is 1.91. The molecule has 2 N–H and O–H groups in total. The zero-order chi connectivity index (χ0) is 14.5. The second kappa shape index (κ2) is 6.49. The van der Waals surface area contributed by atoms with Crippen molar-refractivity contribution < 1.29 is 9.59 Å². The Morgan fingerprint density at radius 2 is 2.30 bits per heavy atom. The average Bonchev–Trinajstić information content (AvgIpc) is 2.84. The number of carbonyl (C=O) groups is 2. The maximum atomic E-state index is 12.2. The van der Waals surface area contributed by atoms with Crippen LogP contribution in [0.15, 0.2) is 0 Å². The number of aromatic amines is 1. The van der Waals surface area contributed by atoms with Crippen LogP contribution in [0.3, 0.4) is 0 Å². The SMILES string of the molecule is CCCC(=O)N1CCCC(C(=O)Nc2n[nH]c(C)n2)C1. The van der Waals surface area contributed by atoms with E-state index in [4.69, 9.17) is 0 Å². The molecule has 2 amide bonds. The fourth-order valence-electron chi connectivity index (χ4n) is 2.40. The van der Waals surface area contributed by atoms with Gasteiger partial charge in [-0.25, -0.2) is 0 Å². The molecule has 1 aromatic rings. The highest BCUT2D eigenvalue weighted by Gasteiger charge is 2.28. The lowest BCUT2D eigenvalue weighted by molar-refractivity contribution is -0.134. The molecule has 0 bridgehead atoms. The van der Waals surface area contributed by atoms with Crippen LogP contribution < -0.4 is 5.32 Å². The first-order chi connectivity index (χ1) is 9.60. The van der Waals surface area contributed by atoms with Crippen LogP contribution in [-0.2, 0) is 9.59 Å². The van der Waals surface area contributed by atoms with Gasteiger partial charge in [-0.3, -0.25) is 20.0 Å². The first kappa shape index (κ1) is 14.5. The number of amides is 2. The summed E-state index contributed by atoms with van der Waals surface area (Å²) in [5.41, 5.74) is 0. The van der Waals surface area contributed by atoms with Gasteiger partial charge in [-0.15, -0.1) is 5.10 Å². The van der Waals surface area contributed by atoms with E-state index in [1.807, 2.05) is 6.92 Å². The molecule has 110 valence electrons. The summed E-state index contributed by atoms with van der Waals surface area (Å²) in [6.45, 7) is 5.00. The molecule has 1 unspecified atom stereocenters. The van der Waals surface area contributed by atoms with Gasteiger partial charge < -0.3 is 4.90 Å². The van der Waals surface area contributed by atoms with Gasteiger partial charge in [0.25, 0.3) is 0 Å². The number of carbonyl (C=O) groups excluding carboxylic acids is 2. The van der Waals surface area contributed by atoms with Crippen molar-refractivity contribution in [1.29, 1.82) is 0 Å². The van der Waals surface area contributed by atoms with Crippen LogP contribution in [0.25, 0.3) is 0 Å². The summed E-state index contributed by atoms with van der Waals surface area (Å²) < 4.78 is 0. The van der Waals surface area contributed by atoms with Crippen LogP contribution in [-0.4, -0.2) is 45.0 Å². The Hall–Kier alpha value is -1.92. The summed E-state index contributed by atoms with van der Waals surface area (Å²) in [6.07, 6.45) is 3.04. The van der Waals surface area contributed by atoms with Gasteiger partial charge in [-0.2, -0.15) is 4.98 Å². The van der Waals surface area contributed by atoms with Crippen molar-refractivity contribution >= 4 is 17.8 Å². The predicted molar refractivity (Wildman–Crippen MR) is 74.0 cm³/mol. The van der Waals surface area contributed by atoms with Crippen molar-refractivity contribution in [3.63, 3.8) is 0 Å². The summed E-state index contributed by atoms with van der Waals surface area (Å²) in [4.78, 5) is 29.9. The minimum Gasteiger partial charge on any atom is -0.342 e. The summed E-state index contributed by atoms with van der Waals surface area (Å²) in [5, 5.41) is 9.26. The van der Waals surface area contributed by atoms with Crippen LogP contribution in [0, 0.1) is 12.8 Å². The predicted octanol–water partition coefficient (Wildman–Crippen LogP) is 1.09. The van der Waals surface area contributed by atoms with Crippen LogP contribution in [0.2, 0.25) is 0 Å². The van der Waals surface area contributed by atoms with Gasteiger partial charge >= 0.3 is 0 Å². The lowest BCUT2D eigenvalue weighted by Crippen LogP contribution is -2.43. The molecule has 1 aromatic heterocycles. The fourth-order valence-corrected chi connectivity index (χ4v) is 2.40. The van der Waals surface area contributed by atoms with Crippen molar-refractivity contribution in [3.8, 4) is 0 Å². The molecule has 0 saturated carbocycles. The molecule has 0 aliphatic carbocycles. The molecule has 1 aliphatic rings. The summed E-state index contributed by atoms with van der Waals surface area (Å²) in [5.74, 6) is 0.799. The Labute approximate surface area is 118 Å². The molecular weight excluding hydrogens is 258 g/mol. The molecule has 0 radical (unpaired) electrons. The van der Waals surface area contributed by atoms with E-state index in [1.54, 1.807) is 11.8 Å². The van der Waals surface area contributed by atoms with Gasteiger partial charge in [0.2, 0.25) is 17.8 Å². The van der Waals surface area contributed by atoms with Crippen LogP contribution in [0.4, 0.5) is 5.95 Å². The molecule has 0 aromatic carbocycles. The number of piperidine rings is 1. The van der Waals surface area contributed by atoms with Crippen LogP contribution in [0.5, 0.6) is 0 Å². The molecule has 0 spiro atoms. The smallest absolute Gasteiger partial charge is 0.248 e. The minimum absolute atomic E-state index is 0.113. The third kappa shape index (κ3) is 3.55. The third-order valence-corrected chi connectivity index (χ3v) is 3.44. The van der Waals surface area contributed by atoms with E-state index >= 15 is 0 Å². The standard InChI is InChI=1S/C13H21N5O2/c1-3-5-11(19)18-7-4-6-10(8-18)12(20)15-13-14-9(2)16-17-13/h10H,3-8H2,1-2H3,(H2,14,15,16,17,20). The number of H-pyrrole nitrogens is 1. The van der Waals surface area contributed by atoms with Gasteiger partial charge in [0.15, 0.2) is 0 Å². The normalized spacial score (nSPS) is 18.9. The highest BCUT2D eigenvalue weighted by atomic mass is 16.2. The van der Waals surface area contributed by atoms with Crippen molar-refractivity contribution in [2.45, 2.75) is 39.5 Å². The molecule has 1 fully saturated rings. The topological polar surface area (TPSA) is 91.0 Å². The highest BCUT2D eigenvalue weighted by Crippen LogP contribution is 2.19. The Morgan fingerprint density at radius 1 is 1.50 bits per heavy atom. The number of hydrogen-bond acceptors (Lipinski definition) is 4. The second-order valence-corrected chi connectivity index (χ2v) is 5.16. The van der Waals surface area contributed by atoms with Crippen LogP contribution in [0.1, 0.15) is 38.4 Å². The summed E-state index contributed by atoms with van der Waals surface area (Å²) >= 11 is 0. The zero-order valence-corrected chi connectivity index (χ0v) is 12.0. The van der Waals surface area contributed by atoms with Gasteiger partial charge in [-0.1, -0.05) is 6.92 Å². The van der Waals surface area contributed by atoms with Gasteiger partial charge in [0.05, 0.1) is 5.92 Å². The van der Waals surface area contributed by atoms with Gasteiger partial charge in [-0.05, 0) is 26.2 Å². The first-order valence-electron chi connectivity index (χ1n) is 7.07. The molecule has 1 atom stereocenters. The van der Waals surface area contributed by atoms with Crippen LogP contribution >= 0.6 is 0 Å². The third-order valence-electron chi connectivity index (χ3n) is 3.44. The van der Waals surface area contributed by atoms with Gasteiger partial charge in [0, 0.05) is 19.5 Å². The molecule has 2 rings (SSSR count). The quantitative estimate of drug-likeness (QED) is 0.863. The second-order valence-electron chi connectivity index (χ2n) is 5.16. The molecule has 2 heterocycles. The number of anilines is 1. The van der Waals surface area contributed by atoms with E-state index in [0.717, 1.165) is 25.8 Å². The van der Waals surface area contributed by atoms with E-state index in [1.165, 1.54) is 0 Å². The number of hydrogen-bond donors (Lipinski definition) is 2. The number of aromatic nitrogens is 3. The van der Waals surface area contributed by atoms with E-state index in [2.05, 4.69) is 20.5 Å². The fraction of sp³-hybridized carbons (Fsp3) is 0.692. The molecule has 7 heteroatoms. The van der Waals surface area contributed by atoms with E-state index in [0.29, 0.717) is 24.7 Å². The lowest BCUT2D eigenvalue weighted by Gasteiger charge is -2.31. The average molecular weight is 279 g/mol. The monoisotopic (exact) mass is 279 g/mol. The Morgan fingerprint density at radius 3 is 2.95 bits per heavy atom. The summed E-state index contributed by atoms with van der Waals surface area (Å²) in [7, 11) is 0. The van der Waals surface area contributed by atoms with E-state index < -0.39 is 0 Å². The Bertz CT molecular complexity index is 485. The van der Waals surface area contributed by atoms with Crippen molar-refractivity contribution in [1.82, 2.24) is 20.1 Å². The number of rotatable bonds is 4. The van der Waals surface area contributed by atoms with E-state index in [9.17, 15) is 9.59 Å². The van der Waals surface area contributed by atoms with Crippen molar-refractivity contribution in [2.75, 3.05) is 18.4 Å². The lowest BCUT2D eigenvalue weighted by atomic mass is 9.97. The Kier molecular flexibility index (Phi) is 4.70. The maximum Gasteiger partial charge on any atom is 0.248 e. The zero-order valence-electron chi connectivity index (χ0n) is 12.0. The van der Waals surface area contributed by atoms with Crippen molar-refractivity contribution in [2.24, 2.45) is 5.92 Å². The number of likely N-dealkylation sites (tertiary alicyclic amines) is 1. The number of nitrogens with one attached hydrogen (secondary N) is 2. The van der Waals surface area contributed by atoms with Crippen molar-refractivity contribution in [3.05, 3.63) is 5.82 Å². The highest BCUT2D eigenvalue weighted by molar-refractivity contribution is 5.91. The molecular formula is C13H21N5O2. The molecule has 1 aliphatic heterocycles. The number of aryl methyl sites for hydroxylation is 1. The van der Waals surface area contributed by atoms with Gasteiger partial charge in [0.1, 0.15) is 5.82 Å².